The Morgan fingerprint density at radius 1 is 1.20 bits per heavy atom. The maximum Gasteiger partial charge on any atom is 0.0429 e. The van der Waals surface area contributed by atoms with E-state index in [0.29, 0.717) is 6.04 Å². The molecular weight excluding hydrogens is 268 g/mol. The Hall–Kier alpha value is -0.730. The van der Waals surface area contributed by atoms with Gasteiger partial charge >= 0.3 is 0 Å². The first-order chi connectivity index (χ1) is 9.78. The molecule has 0 spiro atoms. The summed E-state index contributed by atoms with van der Waals surface area (Å²) in [6, 6.07) is 7.84. The summed E-state index contributed by atoms with van der Waals surface area (Å²) in [5.74, 6) is 0. The monoisotopic (exact) mass is 292 g/mol. The van der Waals surface area contributed by atoms with Crippen molar-refractivity contribution < 1.29 is 0 Å². The fourth-order valence-electron chi connectivity index (χ4n) is 3.34. The van der Waals surface area contributed by atoms with Crippen LogP contribution in [0.25, 0.3) is 0 Å². The molecule has 0 saturated heterocycles. The third-order valence-corrected chi connectivity index (χ3v) is 4.86. The van der Waals surface area contributed by atoms with Crippen LogP contribution in [-0.2, 0) is 6.54 Å². The smallest absolute Gasteiger partial charge is 0.0429 e. The lowest BCUT2D eigenvalue weighted by Gasteiger charge is -2.32. The molecule has 0 aromatic heterocycles. The van der Waals surface area contributed by atoms with Crippen molar-refractivity contribution in [3.05, 3.63) is 28.8 Å². The van der Waals surface area contributed by atoms with Crippen molar-refractivity contribution >= 4 is 17.3 Å². The van der Waals surface area contributed by atoms with Crippen molar-refractivity contribution in [2.75, 3.05) is 11.4 Å². The Labute approximate surface area is 127 Å². The second kappa shape index (κ2) is 6.36. The standard InChI is InChI=1S/C17H25ClN2/c1-2-20(16-5-3-4-6-16)17-11-14(18)8-7-13(17)12-19-15-9-10-15/h7-8,11,15-16,19H,2-6,9-10,12H2,1H3. The van der Waals surface area contributed by atoms with Crippen molar-refractivity contribution in [3.8, 4) is 0 Å². The van der Waals surface area contributed by atoms with E-state index in [1.165, 1.54) is 49.8 Å². The van der Waals surface area contributed by atoms with Gasteiger partial charge in [0, 0.05) is 35.9 Å². The third kappa shape index (κ3) is 3.29. The number of halogens is 1. The van der Waals surface area contributed by atoms with Crippen LogP contribution in [0.3, 0.4) is 0 Å². The number of hydrogen-bond donors (Lipinski definition) is 1. The Morgan fingerprint density at radius 3 is 2.60 bits per heavy atom. The number of hydrogen-bond acceptors (Lipinski definition) is 2. The van der Waals surface area contributed by atoms with Gasteiger partial charge in [-0.3, -0.25) is 0 Å². The van der Waals surface area contributed by atoms with E-state index in [1.807, 2.05) is 6.07 Å². The Balaban J connectivity index is 1.81. The predicted octanol–water partition coefficient (Wildman–Crippen LogP) is 4.36. The van der Waals surface area contributed by atoms with Crippen LogP contribution >= 0.6 is 11.6 Å². The van der Waals surface area contributed by atoms with Crippen LogP contribution in [0.15, 0.2) is 18.2 Å². The molecule has 0 bridgehead atoms. The van der Waals surface area contributed by atoms with Crippen molar-refractivity contribution in [2.45, 2.75) is 64.1 Å². The van der Waals surface area contributed by atoms with Gasteiger partial charge in [-0.15, -0.1) is 0 Å². The SMILES string of the molecule is CCN(c1cc(Cl)ccc1CNC1CC1)C1CCCC1. The van der Waals surface area contributed by atoms with Crippen LogP contribution in [0.5, 0.6) is 0 Å². The van der Waals surface area contributed by atoms with Crippen molar-refractivity contribution in [1.82, 2.24) is 5.32 Å². The molecule has 20 heavy (non-hydrogen) atoms. The molecule has 0 radical (unpaired) electrons. The van der Waals surface area contributed by atoms with E-state index >= 15 is 0 Å². The zero-order valence-corrected chi connectivity index (χ0v) is 13.1. The number of nitrogens with zero attached hydrogens (tertiary/aromatic N) is 1. The number of rotatable bonds is 6. The minimum Gasteiger partial charge on any atom is -0.369 e. The fraction of sp³-hybridized carbons (Fsp3) is 0.647. The summed E-state index contributed by atoms with van der Waals surface area (Å²) in [5, 5.41) is 4.49. The molecular formula is C17H25ClN2. The summed E-state index contributed by atoms with van der Waals surface area (Å²) in [6.07, 6.45) is 8.08. The minimum absolute atomic E-state index is 0.707. The highest BCUT2D eigenvalue weighted by Gasteiger charge is 2.25. The van der Waals surface area contributed by atoms with Gasteiger partial charge < -0.3 is 10.2 Å². The average Bonchev–Trinajstić information content (AvgIpc) is 3.13. The van der Waals surface area contributed by atoms with Gasteiger partial charge in [-0.05, 0) is 50.3 Å². The molecule has 0 aliphatic heterocycles. The van der Waals surface area contributed by atoms with Gasteiger partial charge in [0.1, 0.15) is 0 Å². The molecule has 3 rings (SSSR count). The molecule has 3 heteroatoms. The van der Waals surface area contributed by atoms with Gasteiger partial charge in [0.2, 0.25) is 0 Å². The topological polar surface area (TPSA) is 15.3 Å². The van der Waals surface area contributed by atoms with Crippen LogP contribution in [0.4, 0.5) is 5.69 Å². The maximum atomic E-state index is 6.25. The van der Waals surface area contributed by atoms with E-state index in [4.69, 9.17) is 11.6 Å². The van der Waals surface area contributed by atoms with Crippen LogP contribution in [-0.4, -0.2) is 18.6 Å². The summed E-state index contributed by atoms with van der Waals surface area (Å²) < 4.78 is 0. The second-order valence-corrected chi connectivity index (χ2v) is 6.59. The number of nitrogens with one attached hydrogen (secondary N) is 1. The molecule has 2 aliphatic carbocycles. The predicted molar refractivity (Wildman–Crippen MR) is 86.6 cm³/mol. The van der Waals surface area contributed by atoms with Crippen LogP contribution in [0.1, 0.15) is 51.0 Å². The van der Waals surface area contributed by atoms with E-state index < -0.39 is 0 Å². The van der Waals surface area contributed by atoms with E-state index in [9.17, 15) is 0 Å². The lowest BCUT2D eigenvalue weighted by Crippen LogP contribution is -2.34. The first-order valence-corrected chi connectivity index (χ1v) is 8.44. The maximum absolute atomic E-state index is 6.25. The molecule has 0 atom stereocenters. The van der Waals surface area contributed by atoms with Crippen LogP contribution in [0, 0.1) is 0 Å². The average molecular weight is 293 g/mol. The summed E-state index contributed by atoms with van der Waals surface area (Å²) in [7, 11) is 0. The minimum atomic E-state index is 0.707. The molecule has 110 valence electrons. The zero-order valence-electron chi connectivity index (χ0n) is 12.4. The number of anilines is 1. The van der Waals surface area contributed by atoms with Gasteiger partial charge in [0.05, 0.1) is 0 Å². The highest BCUT2D eigenvalue weighted by Crippen LogP contribution is 2.32. The largest absolute Gasteiger partial charge is 0.369 e. The van der Waals surface area contributed by atoms with Gasteiger partial charge in [-0.2, -0.15) is 0 Å². The first kappa shape index (κ1) is 14.2. The molecule has 2 fully saturated rings. The van der Waals surface area contributed by atoms with Gasteiger partial charge in [-0.25, -0.2) is 0 Å². The summed E-state index contributed by atoms with van der Waals surface area (Å²) >= 11 is 6.25. The lowest BCUT2D eigenvalue weighted by atomic mass is 10.1. The highest BCUT2D eigenvalue weighted by molar-refractivity contribution is 6.30. The Bertz CT molecular complexity index is 450. The number of benzene rings is 1. The van der Waals surface area contributed by atoms with E-state index in [-0.39, 0.29) is 0 Å². The van der Waals surface area contributed by atoms with E-state index in [2.05, 4.69) is 29.3 Å². The van der Waals surface area contributed by atoms with Crippen LogP contribution < -0.4 is 10.2 Å². The summed E-state index contributed by atoms with van der Waals surface area (Å²) in [4.78, 5) is 2.57. The molecule has 2 nitrogen and oxygen atoms in total. The molecule has 0 unspecified atom stereocenters. The summed E-state index contributed by atoms with van der Waals surface area (Å²) in [6.45, 7) is 4.30. The molecule has 2 aliphatic rings. The highest BCUT2D eigenvalue weighted by atomic mass is 35.5. The molecule has 1 N–H and O–H groups in total. The van der Waals surface area contributed by atoms with Crippen LogP contribution in [0.2, 0.25) is 5.02 Å². The molecule has 0 amide bonds. The second-order valence-electron chi connectivity index (χ2n) is 6.15. The molecule has 2 saturated carbocycles. The Kier molecular flexibility index (Phi) is 4.52. The van der Waals surface area contributed by atoms with Gasteiger partial charge in [0.25, 0.3) is 0 Å². The first-order valence-electron chi connectivity index (χ1n) is 8.06. The Morgan fingerprint density at radius 2 is 1.95 bits per heavy atom. The van der Waals surface area contributed by atoms with E-state index in [0.717, 1.165) is 24.2 Å². The molecule has 0 heterocycles. The third-order valence-electron chi connectivity index (χ3n) is 4.62. The quantitative estimate of drug-likeness (QED) is 0.838. The zero-order chi connectivity index (χ0) is 13.9. The van der Waals surface area contributed by atoms with Crippen molar-refractivity contribution in [1.29, 1.82) is 0 Å². The summed E-state index contributed by atoms with van der Waals surface area (Å²) in [5.41, 5.74) is 2.75. The normalized spacial score (nSPS) is 19.5. The van der Waals surface area contributed by atoms with Gasteiger partial charge in [-0.1, -0.05) is 30.5 Å². The van der Waals surface area contributed by atoms with E-state index in [1.54, 1.807) is 0 Å². The lowest BCUT2D eigenvalue weighted by molar-refractivity contribution is 0.612. The van der Waals surface area contributed by atoms with Gasteiger partial charge in [0.15, 0.2) is 0 Å². The molecule has 1 aromatic carbocycles. The van der Waals surface area contributed by atoms with Crippen molar-refractivity contribution in [2.24, 2.45) is 0 Å². The molecule has 1 aromatic rings. The van der Waals surface area contributed by atoms with Crippen molar-refractivity contribution in [3.63, 3.8) is 0 Å². The fourth-order valence-corrected chi connectivity index (χ4v) is 3.50.